The van der Waals surface area contributed by atoms with Gasteiger partial charge in [-0.1, -0.05) is 127 Å². The van der Waals surface area contributed by atoms with Gasteiger partial charge >= 0.3 is 5.97 Å². The number of halogens is 5. The van der Waals surface area contributed by atoms with Gasteiger partial charge in [0, 0.05) is 6.08 Å². The third-order valence-electron chi connectivity index (χ3n) is 8.97. The zero-order chi connectivity index (χ0) is 39.3. The average molecular weight is 775 g/mol. The first kappa shape index (κ1) is 40.4. The molecule has 6 rings (SSSR count). The van der Waals surface area contributed by atoms with Crippen molar-refractivity contribution in [2.24, 2.45) is 0 Å². The van der Waals surface area contributed by atoms with E-state index in [0.29, 0.717) is 0 Å². The summed E-state index contributed by atoms with van der Waals surface area (Å²) in [6, 6.07) is 38.2. The average Bonchev–Trinajstić information content (AvgIpc) is 3.23. The number of hydrogen-bond donors (Lipinski definition) is 0. The van der Waals surface area contributed by atoms with Gasteiger partial charge < -0.3 is 28.4 Å². The number of ether oxygens (including phenoxy) is 6. The molecule has 1 aliphatic heterocycles. The normalized spacial score (nSPS) is 19.6. The second-order valence-electron chi connectivity index (χ2n) is 13.0. The third kappa shape index (κ3) is 10.7. The molecule has 12 heteroatoms. The molecule has 0 aliphatic carbocycles. The second-order valence-corrected chi connectivity index (χ2v) is 13.0. The second kappa shape index (κ2) is 20.1. The zero-order valence-electron chi connectivity index (χ0n) is 30.1. The van der Waals surface area contributed by atoms with Gasteiger partial charge in [0.05, 0.1) is 39.1 Å². The lowest BCUT2D eigenvalue weighted by Crippen LogP contribution is -2.61. The van der Waals surface area contributed by atoms with Gasteiger partial charge in [0.25, 0.3) is 0 Å². The number of hydrogen-bond acceptors (Lipinski definition) is 7. The minimum absolute atomic E-state index is 0.0303. The highest BCUT2D eigenvalue weighted by molar-refractivity contribution is 5.84. The van der Waals surface area contributed by atoms with Crippen molar-refractivity contribution >= 4 is 5.97 Å². The Labute approximate surface area is 321 Å². The van der Waals surface area contributed by atoms with Crippen LogP contribution in [0.4, 0.5) is 22.0 Å². The predicted molar refractivity (Wildman–Crippen MR) is 195 cm³/mol. The van der Waals surface area contributed by atoms with E-state index < -0.39 is 71.3 Å². The molecule has 5 atom stereocenters. The number of benzene rings is 5. The molecule has 0 saturated carbocycles. The first-order valence-corrected chi connectivity index (χ1v) is 17.9. The quantitative estimate of drug-likeness (QED) is 0.0233. The fraction of sp³-hybridized carbons (Fsp3) is 0.250. The van der Waals surface area contributed by atoms with E-state index in [4.69, 9.17) is 23.7 Å². The lowest BCUT2D eigenvalue weighted by molar-refractivity contribution is -0.271. The van der Waals surface area contributed by atoms with Crippen LogP contribution in [0, 0.1) is 29.1 Å². The molecule has 0 bridgehead atoms. The Kier molecular flexibility index (Phi) is 14.5. The molecule has 5 aromatic rings. The molecule has 0 amide bonds. The van der Waals surface area contributed by atoms with Crippen LogP contribution < -0.4 is 4.74 Å². The van der Waals surface area contributed by atoms with Crippen LogP contribution in [-0.2, 0) is 54.9 Å². The summed E-state index contributed by atoms with van der Waals surface area (Å²) in [6.45, 7) is 0.922. The molecule has 1 aliphatic rings. The molecule has 56 heavy (non-hydrogen) atoms. The summed E-state index contributed by atoms with van der Waals surface area (Å²) in [4.78, 5) is 12.7. The Hall–Kier alpha value is -5.24. The summed E-state index contributed by atoms with van der Waals surface area (Å²) in [5, 5.41) is 0. The van der Waals surface area contributed by atoms with E-state index in [-0.39, 0.29) is 39.5 Å². The van der Waals surface area contributed by atoms with Crippen LogP contribution in [0.2, 0.25) is 0 Å². The first-order valence-electron chi connectivity index (χ1n) is 17.9. The van der Waals surface area contributed by atoms with E-state index >= 15 is 0 Å². The summed E-state index contributed by atoms with van der Waals surface area (Å²) in [6.07, 6.45) is -1.76. The lowest BCUT2D eigenvalue weighted by Gasteiger charge is -2.46. The lowest BCUT2D eigenvalue weighted by atomic mass is 9.92. The highest BCUT2D eigenvalue weighted by Crippen LogP contribution is 2.33. The van der Waals surface area contributed by atoms with Crippen LogP contribution in [0.15, 0.2) is 133 Å². The molecule has 0 N–H and O–H groups in total. The third-order valence-corrected chi connectivity index (χ3v) is 8.97. The molecule has 1 saturated heterocycles. The van der Waals surface area contributed by atoms with E-state index in [0.717, 1.165) is 28.3 Å². The Morgan fingerprint density at radius 2 is 0.911 bits per heavy atom. The van der Waals surface area contributed by atoms with Crippen molar-refractivity contribution in [3.05, 3.63) is 185 Å². The van der Waals surface area contributed by atoms with Crippen molar-refractivity contribution < 1.29 is 55.2 Å². The molecular formula is C44H39F5O7. The van der Waals surface area contributed by atoms with Gasteiger partial charge in [0.1, 0.15) is 24.4 Å². The largest absolute Gasteiger partial charge is 0.417 e. The van der Waals surface area contributed by atoms with Gasteiger partial charge in [-0.05, 0) is 28.7 Å². The van der Waals surface area contributed by atoms with Crippen molar-refractivity contribution in [1.29, 1.82) is 0 Å². The molecule has 0 radical (unpaired) electrons. The summed E-state index contributed by atoms with van der Waals surface area (Å²) in [5.41, 5.74) is 3.62. The van der Waals surface area contributed by atoms with E-state index in [1.54, 1.807) is 0 Å². The standard InChI is InChI=1S/C44H39F5O7/c45-36-37(46)39(48)43(40(49)38(36)47)56-35(50)23-13-22-33-41(52-25-30-16-7-2-8-17-30)44(54-27-32-20-11-4-12-21-32)42(53-26-31-18-9-3-10-19-31)34(55-33)28-51-24-29-14-5-1-6-15-29/h1-21,23,33-34,41-42,44H,22,24-28H2/b23-13+/t33-,34-,41+,42-,44-/m1/s1. The van der Waals surface area contributed by atoms with Crippen LogP contribution in [0.5, 0.6) is 5.75 Å². The molecule has 5 aromatic carbocycles. The van der Waals surface area contributed by atoms with Gasteiger partial charge in [-0.15, -0.1) is 0 Å². The van der Waals surface area contributed by atoms with E-state index in [1.807, 2.05) is 121 Å². The Bertz CT molecular complexity index is 1990. The Morgan fingerprint density at radius 1 is 0.518 bits per heavy atom. The molecular weight excluding hydrogens is 735 g/mol. The minimum atomic E-state index is -2.37. The van der Waals surface area contributed by atoms with Gasteiger partial charge in [-0.2, -0.15) is 8.78 Å². The zero-order valence-corrected chi connectivity index (χ0v) is 30.1. The molecule has 1 fully saturated rings. The molecule has 0 unspecified atom stereocenters. The number of carbonyl (C=O) groups is 1. The Balaban J connectivity index is 1.29. The monoisotopic (exact) mass is 774 g/mol. The van der Waals surface area contributed by atoms with Crippen LogP contribution in [0.25, 0.3) is 0 Å². The molecule has 0 aromatic heterocycles. The summed E-state index contributed by atoms with van der Waals surface area (Å²) >= 11 is 0. The highest BCUT2D eigenvalue weighted by Gasteiger charge is 2.48. The van der Waals surface area contributed by atoms with Gasteiger partial charge in [0.2, 0.25) is 34.8 Å². The number of esters is 1. The van der Waals surface area contributed by atoms with E-state index in [9.17, 15) is 26.7 Å². The van der Waals surface area contributed by atoms with Crippen molar-refractivity contribution in [1.82, 2.24) is 0 Å². The van der Waals surface area contributed by atoms with Crippen molar-refractivity contribution in [2.75, 3.05) is 6.61 Å². The minimum Gasteiger partial charge on any atom is -0.417 e. The maximum Gasteiger partial charge on any atom is 0.336 e. The summed E-state index contributed by atoms with van der Waals surface area (Å²) in [5.74, 6) is -14.5. The Morgan fingerprint density at radius 3 is 1.38 bits per heavy atom. The molecule has 292 valence electrons. The maximum atomic E-state index is 14.3. The smallest absolute Gasteiger partial charge is 0.336 e. The van der Waals surface area contributed by atoms with Gasteiger partial charge in [-0.25, -0.2) is 18.0 Å². The van der Waals surface area contributed by atoms with Gasteiger partial charge in [0.15, 0.2) is 0 Å². The fourth-order valence-electron chi connectivity index (χ4n) is 6.18. The molecule has 1 heterocycles. The van der Waals surface area contributed by atoms with Crippen LogP contribution >= 0.6 is 0 Å². The maximum absolute atomic E-state index is 14.3. The van der Waals surface area contributed by atoms with Crippen molar-refractivity contribution in [3.8, 4) is 5.75 Å². The highest BCUT2D eigenvalue weighted by atomic mass is 19.2. The summed E-state index contributed by atoms with van der Waals surface area (Å²) < 4.78 is 107. The van der Waals surface area contributed by atoms with E-state index in [1.165, 1.54) is 6.08 Å². The molecule has 0 spiro atoms. The first-order chi connectivity index (χ1) is 27.3. The van der Waals surface area contributed by atoms with Crippen molar-refractivity contribution in [3.63, 3.8) is 0 Å². The van der Waals surface area contributed by atoms with Crippen LogP contribution in [0.1, 0.15) is 28.7 Å². The van der Waals surface area contributed by atoms with Crippen LogP contribution in [-0.4, -0.2) is 43.1 Å². The van der Waals surface area contributed by atoms with Crippen molar-refractivity contribution in [2.45, 2.75) is 63.4 Å². The fourth-order valence-corrected chi connectivity index (χ4v) is 6.18. The SMILES string of the molecule is O=C(/C=C/C[C@H]1O[C@H](COCc2ccccc2)[C@@H](OCc2ccccc2)[C@H](OCc2ccccc2)[C@H]1OCc1ccccc1)Oc1c(F)c(F)c(F)c(F)c1F. The summed E-state index contributed by atoms with van der Waals surface area (Å²) in [7, 11) is 0. The predicted octanol–water partition coefficient (Wildman–Crippen LogP) is 8.97. The molecule has 7 nitrogen and oxygen atoms in total. The van der Waals surface area contributed by atoms with Crippen LogP contribution in [0.3, 0.4) is 0 Å². The van der Waals surface area contributed by atoms with E-state index in [2.05, 4.69) is 4.74 Å². The van der Waals surface area contributed by atoms with Gasteiger partial charge in [-0.3, -0.25) is 0 Å². The number of rotatable bonds is 17. The topological polar surface area (TPSA) is 72.5 Å². The number of carbonyl (C=O) groups excluding carboxylic acids is 1.